The number of rotatable bonds is 4. The Balaban J connectivity index is 2.36. The molecule has 1 aliphatic heterocycles. The molecule has 98 valence electrons. The third kappa shape index (κ3) is 4.32. The molecule has 1 aliphatic rings. The van der Waals surface area contributed by atoms with Crippen molar-refractivity contribution in [1.82, 2.24) is 15.5 Å². The summed E-state index contributed by atoms with van der Waals surface area (Å²) in [6, 6.07) is -0.830. The van der Waals surface area contributed by atoms with Crippen molar-refractivity contribution in [2.24, 2.45) is 0 Å². The van der Waals surface area contributed by atoms with Gasteiger partial charge in [0.1, 0.15) is 0 Å². The van der Waals surface area contributed by atoms with Gasteiger partial charge >= 0.3 is 6.03 Å². The van der Waals surface area contributed by atoms with Crippen LogP contribution >= 0.6 is 0 Å². The fourth-order valence-corrected chi connectivity index (χ4v) is 1.75. The van der Waals surface area contributed by atoms with E-state index in [2.05, 4.69) is 10.6 Å². The van der Waals surface area contributed by atoms with Gasteiger partial charge < -0.3 is 10.1 Å². The Hall–Kier alpha value is -1.14. The van der Waals surface area contributed by atoms with E-state index in [1.54, 1.807) is 6.92 Å². The molecule has 1 heterocycles. The second-order valence-electron chi connectivity index (χ2n) is 4.32. The average molecular weight is 243 g/mol. The summed E-state index contributed by atoms with van der Waals surface area (Å²) in [6.07, 6.45) is 2.32. The fraction of sp³-hybridized carbons (Fsp3) is 0.818. The Morgan fingerprint density at radius 2 is 2.24 bits per heavy atom. The molecular weight excluding hydrogens is 222 g/mol. The number of hydrogen-bond donors (Lipinski definition) is 2. The predicted molar refractivity (Wildman–Crippen MR) is 63.7 cm³/mol. The van der Waals surface area contributed by atoms with Gasteiger partial charge in [0.25, 0.3) is 0 Å². The van der Waals surface area contributed by atoms with Crippen molar-refractivity contribution in [3.63, 3.8) is 0 Å². The number of hydrogen-bond acceptors (Lipinski definition) is 4. The molecule has 2 N–H and O–H groups in total. The molecule has 6 nitrogen and oxygen atoms in total. The average Bonchev–Trinajstić information content (AvgIpc) is 2.80. The van der Waals surface area contributed by atoms with E-state index in [-0.39, 0.29) is 18.1 Å². The van der Waals surface area contributed by atoms with Crippen LogP contribution in [0.1, 0.15) is 19.8 Å². The summed E-state index contributed by atoms with van der Waals surface area (Å²) >= 11 is 0. The lowest BCUT2D eigenvalue weighted by Gasteiger charge is -2.25. The predicted octanol–water partition coefficient (Wildman–Crippen LogP) is -0.0587. The summed E-state index contributed by atoms with van der Waals surface area (Å²) in [5, 5.41) is 4.61. The highest BCUT2D eigenvalue weighted by atomic mass is 16.5. The Labute approximate surface area is 102 Å². The lowest BCUT2D eigenvalue weighted by atomic mass is 10.2. The molecule has 0 aromatic carbocycles. The number of amides is 3. The molecule has 0 aliphatic carbocycles. The van der Waals surface area contributed by atoms with Crippen LogP contribution in [0.2, 0.25) is 0 Å². The quantitative estimate of drug-likeness (QED) is 0.726. The van der Waals surface area contributed by atoms with Gasteiger partial charge in [0.15, 0.2) is 0 Å². The zero-order valence-corrected chi connectivity index (χ0v) is 10.7. The molecule has 1 rings (SSSR count). The highest BCUT2D eigenvalue weighted by molar-refractivity contribution is 5.96. The van der Waals surface area contributed by atoms with Crippen molar-refractivity contribution >= 4 is 11.9 Å². The van der Waals surface area contributed by atoms with E-state index in [9.17, 15) is 9.59 Å². The Kier molecular flexibility index (Phi) is 5.37. The first-order chi connectivity index (χ1) is 8.04. The largest absolute Gasteiger partial charge is 0.377 e. The number of nitrogens with one attached hydrogen (secondary N) is 2. The van der Waals surface area contributed by atoms with Gasteiger partial charge in [-0.05, 0) is 26.8 Å². The summed E-state index contributed by atoms with van der Waals surface area (Å²) in [6.45, 7) is 3.28. The first-order valence-corrected chi connectivity index (χ1v) is 5.89. The first kappa shape index (κ1) is 13.9. The van der Waals surface area contributed by atoms with Crippen LogP contribution in [0.25, 0.3) is 0 Å². The van der Waals surface area contributed by atoms with Gasteiger partial charge in [-0.15, -0.1) is 0 Å². The van der Waals surface area contributed by atoms with Crippen molar-refractivity contribution in [1.29, 1.82) is 0 Å². The van der Waals surface area contributed by atoms with Crippen molar-refractivity contribution < 1.29 is 14.3 Å². The van der Waals surface area contributed by atoms with Gasteiger partial charge in [0, 0.05) is 20.2 Å². The molecule has 1 saturated heterocycles. The van der Waals surface area contributed by atoms with Crippen molar-refractivity contribution in [3.8, 4) is 0 Å². The minimum Gasteiger partial charge on any atom is -0.377 e. The third-order valence-corrected chi connectivity index (χ3v) is 3.02. The normalized spacial score (nSPS) is 21.3. The fourth-order valence-electron chi connectivity index (χ4n) is 1.75. The summed E-state index contributed by atoms with van der Waals surface area (Å²) < 4.78 is 5.50. The van der Waals surface area contributed by atoms with E-state index in [0.29, 0.717) is 6.54 Å². The van der Waals surface area contributed by atoms with Gasteiger partial charge in [-0.2, -0.15) is 0 Å². The maximum Gasteiger partial charge on any atom is 0.321 e. The van der Waals surface area contributed by atoms with Gasteiger partial charge in [0.2, 0.25) is 5.91 Å². The zero-order chi connectivity index (χ0) is 12.8. The van der Waals surface area contributed by atoms with Crippen LogP contribution in [-0.2, 0) is 9.53 Å². The SMILES string of the molecule is CNC(=O)NC(=O)[C@@H](C)N(C)C[C@H]1CCCO1. The highest BCUT2D eigenvalue weighted by Gasteiger charge is 2.24. The van der Waals surface area contributed by atoms with Crippen molar-refractivity contribution in [2.45, 2.75) is 31.9 Å². The second-order valence-corrected chi connectivity index (χ2v) is 4.32. The smallest absolute Gasteiger partial charge is 0.321 e. The Morgan fingerprint density at radius 1 is 1.53 bits per heavy atom. The van der Waals surface area contributed by atoms with E-state index in [1.165, 1.54) is 7.05 Å². The molecular formula is C11H21N3O3. The molecule has 0 radical (unpaired) electrons. The van der Waals surface area contributed by atoms with Crippen LogP contribution in [0.3, 0.4) is 0 Å². The second kappa shape index (κ2) is 6.56. The number of imide groups is 1. The lowest BCUT2D eigenvalue weighted by Crippen LogP contribution is -2.49. The number of likely N-dealkylation sites (N-methyl/N-ethyl adjacent to an activating group) is 1. The molecule has 0 aromatic heterocycles. The summed E-state index contributed by atoms with van der Waals surface area (Å²) in [5.41, 5.74) is 0. The monoisotopic (exact) mass is 243 g/mol. The first-order valence-electron chi connectivity index (χ1n) is 5.89. The minimum atomic E-state index is -0.479. The standard InChI is InChI=1S/C11H21N3O3/c1-8(10(15)13-11(16)12-2)14(3)7-9-5-4-6-17-9/h8-9H,4-7H2,1-3H3,(H2,12,13,15,16)/t8-,9-/m1/s1. The van der Waals surface area contributed by atoms with Crippen molar-refractivity contribution in [2.75, 3.05) is 27.2 Å². The van der Waals surface area contributed by atoms with Gasteiger partial charge in [0.05, 0.1) is 12.1 Å². The van der Waals surface area contributed by atoms with Crippen molar-refractivity contribution in [3.05, 3.63) is 0 Å². The van der Waals surface area contributed by atoms with Crippen LogP contribution in [0.4, 0.5) is 4.79 Å². The Morgan fingerprint density at radius 3 is 2.76 bits per heavy atom. The molecule has 3 amide bonds. The van der Waals surface area contributed by atoms with E-state index in [1.807, 2.05) is 11.9 Å². The molecule has 0 aromatic rings. The van der Waals surface area contributed by atoms with Gasteiger partial charge in [-0.25, -0.2) is 4.79 Å². The molecule has 2 atom stereocenters. The maximum atomic E-state index is 11.7. The summed E-state index contributed by atoms with van der Waals surface area (Å²) in [4.78, 5) is 24.6. The Bertz CT molecular complexity index is 277. The number of carbonyl (C=O) groups excluding carboxylic acids is 2. The van der Waals surface area contributed by atoms with Gasteiger partial charge in [-0.3, -0.25) is 15.0 Å². The molecule has 17 heavy (non-hydrogen) atoms. The minimum absolute atomic E-state index is 0.204. The van der Waals surface area contributed by atoms with E-state index < -0.39 is 6.03 Å². The molecule has 1 fully saturated rings. The van der Waals surface area contributed by atoms with Gasteiger partial charge in [-0.1, -0.05) is 0 Å². The number of carbonyl (C=O) groups is 2. The van der Waals surface area contributed by atoms with E-state index in [0.717, 1.165) is 19.4 Å². The lowest BCUT2D eigenvalue weighted by molar-refractivity contribution is -0.124. The summed E-state index contributed by atoms with van der Waals surface area (Å²) in [5.74, 6) is -0.301. The molecule has 6 heteroatoms. The maximum absolute atomic E-state index is 11.7. The van der Waals surface area contributed by atoms with Crippen LogP contribution in [0, 0.1) is 0 Å². The van der Waals surface area contributed by atoms with E-state index in [4.69, 9.17) is 4.74 Å². The van der Waals surface area contributed by atoms with Crippen LogP contribution in [0.5, 0.6) is 0 Å². The van der Waals surface area contributed by atoms with Crippen LogP contribution in [-0.4, -0.2) is 56.2 Å². The molecule has 0 bridgehead atoms. The third-order valence-electron chi connectivity index (χ3n) is 3.02. The number of urea groups is 1. The zero-order valence-electron chi connectivity index (χ0n) is 10.7. The molecule has 0 unspecified atom stereocenters. The molecule has 0 saturated carbocycles. The summed E-state index contributed by atoms with van der Waals surface area (Å²) in [7, 11) is 3.33. The van der Waals surface area contributed by atoms with E-state index >= 15 is 0 Å². The number of ether oxygens (including phenoxy) is 1. The van der Waals surface area contributed by atoms with Crippen LogP contribution in [0.15, 0.2) is 0 Å². The highest BCUT2D eigenvalue weighted by Crippen LogP contribution is 2.13. The molecule has 0 spiro atoms. The number of nitrogens with zero attached hydrogens (tertiary/aromatic N) is 1. The topological polar surface area (TPSA) is 70.7 Å². The van der Waals surface area contributed by atoms with Crippen LogP contribution < -0.4 is 10.6 Å².